The van der Waals surface area contributed by atoms with Crippen molar-refractivity contribution in [3.8, 4) is 0 Å². The second kappa shape index (κ2) is 9.20. The van der Waals surface area contributed by atoms with Crippen LogP contribution in [0.15, 0.2) is 115 Å². The van der Waals surface area contributed by atoms with E-state index in [9.17, 15) is 0 Å². The number of hydrogen-bond donors (Lipinski definition) is 0. The molecule has 3 heteroatoms. The van der Waals surface area contributed by atoms with Crippen LogP contribution in [0.3, 0.4) is 0 Å². The Bertz CT molecular complexity index is 1550. The average molecular weight is 504 g/mol. The van der Waals surface area contributed by atoms with Gasteiger partial charge in [-0.3, -0.25) is 0 Å². The molecule has 0 saturated heterocycles. The lowest BCUT2D eigenvalue weighted by Crippen LogP contribution is -2.61. The van der Waals surface area contributed by atoms with Crippen LogP contribution in [-0.4, -0.2) is 6.71 Å². The van der Waals surface area contributed by atoms with E-state index in [1.165, 1.54) is 61.6 Å². The number of benzene rings is 5. The molecule has 0 unspecified atom stereocenters. The van der Waals surface area contributed by atoms with Gasteiger partial charge < -0.3 is 9.80 Å². The summed E-state index contributed by atoms with van der Waals surface area (Å²) in [6.07, 6.45) is 0. The molecule has 0 saturated carbocycles. The van der Waals surface area contributed by atoms with Crippen molar-refractivity contribution in [1.29, 1.82) is 0 Å². The highest BCUT2D eigenvalue weighted by molar-refractivity contribution is 7.00. The fourth-order valence-electron chi connectivity index (χ4n) is 6.39. The monoisotopic (exact) mass is 504 g/mol. The van der Waals surface area contributed by atoms with Gasteiger partial charge in [-0.15, -0.1) is 0 Å². The Hall–Kier alpha value is -4.24. The molecule has 0 N–H and O–H groups in total. The molecule has 2 aliphatic rings. The Morgan fingerprint density at radius 2 is 0.897 bits per heavy atom. The standard InChI is InChI=1S/C36H33BN2/c1-24(2)26-18-20-30-34(22-26)38(28-12-7-5-8-13-28)32-16-11-17-33-36(32)37(30)31-21-19-27(25(3)4)23-35(31)39(33)29-14-9-6-10-15-29/h5-25H,1-4H3. The minimum Gasteiger partial charge on any atom is -0.311 e. The second-order valence-electron chi connectivity index (χ2n) is 11.4. The van der Waals surface area contributed by atoms with Gasteiger partial charge in [-0.2, -0.15) is 0 Å². The van der Waals surface area contributed by atoms with E-state index < -0.39 is 0 Å². The molecule has 2 aliphatic heterocycles. The van der Waals surface area contributed by atoms with Gasteiger partial charge in [0.2, 0.25) is 0 Å². The molecule has 0 fully saturated rings. The van der Waals surface area contributed by atoms with Crippen LogP contribution in [0.2, 0.25) is 0 Å². The molecule has 0 aromatic heterocycles. The minimum absolute atomic E-state index is 0.170. The van der Waals surface area contributed by atoms with Crippen LogP contribution in [0.25, 0.3) is 0 Å². The van der Waals surface area contributed by atoms with Gasteiger partial charge in [-0.25, -0.2) is 0 Å². The zero-order valence-corrected chi connectivity index (χ0v) is 23.1. The highest BCUT2D eigenvalue weighted by Crippen LogP contribution is 2.44. The zero-order chi connectivity index (χ0) is 26.7. The largest absolute Gasteiger partial charge is 0.311 e. The van der Waals surface area contributed by atoms with E-state index in [0.717, 1.165) is 0 Å². The minimum atomic E-state index is 0.170. The Balaban J connectivity index is 1.57. The van der Waals surface area contributed by atoms with Crippen molar-refractivity contribution in [3.63, 3.8) is 0 Å². The molecule has 0 atom stereocenters. The van der Waals surface area contributed by atoms with E-state index >= 15 is 0 Å². The predicted octanol–water partition coefficient (Wildman–Crippen LogP) is 8.02. The van der Waals surface area contributed by atoms with E-state index in [-0.39, 0.29) is 6.71 Å². The van der Waals surface area contributed by atoms with Gasteiger partial charge in [0.1, 0.15) is 0 Å². The van der Waals surface area contributed by atoms with Crippen molar-refractivity contribution >= 4 is 57.2 Å². The third-order valence-electron chi connectivity index (χ3n) is 8.41. The third kappa shape index (κ3) is 3.71. The molecular weight excluding hydrogens is 471 g/mol. The highest BCUT2D eigenvalue weighted by Gasteiger charge is 2.43. The molecule has 5 aromatic rings. The van der Waals surface area contributed by atoms with Gasteiger partial charge >= 0.3 is 0 Å². The van der Waals surface area contributed by atoms with E-state index in [0.29, 0.717) is 11.8 Å². The van der Waals surface area contributed by atoms with E-state index in [2.05, 4.69) is 153 Å². The van der Waals surface area contributed by atoms with E-state index in [1.54, 1.807) is 0 Å². The molecule has 5 aromatic carbocycles. The van der Waals surface area contributed by atoms with Crippen molar-refractivity contribution in [3.05, 3.63) is 126 Å². The highest BCUT2D eigenvalue weighted by atomic mass is 15.2. The van der Waals surface area contributed by atoms with Crippen molar-refractivity contribution in [2.24, 2.45) is 0 Å². The first-order chi connectivity index (χ1) is 19.0. The molecule has 0 bridgehead atoms. The van der Waals surface area contributed by atoms with Crippen molar-refractivity contribution in [2.45, 2.75) is 39.5 Å². The van der Waals surface area contributed by atoms with Gasteiger partial charge in [0, 0.05) is 34.1 Å². The summed E-state index contributed by atoms with van der Waals surface area (Å²) in [6.45, 7) is 9.30. The number of para-hydroxylation sites is 2. The summed E-state index contributed by atoms with van der Waals surface area (Å²) in [4.78, 5) is 4.96. The number of nitrogens with zero attached hydrogens (tertiary/aromatic N) is 2. The molecular formula is C36H33BN2. The zero-order valence-electron chi connectivity index (χ0n) is 23.1. The molecule has 0 amide bonds. The molecule has 0 aliphatic carbocycles. The number of hydrogen-bond acceptors (Lipinski definition) is 2. The fourth-order valence-corrected chi connectivity index (χ4v) is 6.39. The summed E-state index contributed by atoms with van der Waals surface area (Å²) in [6, 6.07) is 42.8. The third-order valence-corrected chi connectivity index (χ3v) is 8.41. The lowest BCUT2D eigenvalue weighted by atomic mass is 9.33. The first-order valence-corrected chi connectivity index (χ1v) is 14.1. The summed E-state index contributed by atoms with van der Waals surface area (Å²) in [5.41, 5.74) is 14.3. The van der Waals surface area contributed by atoms with Crippen molar-refractivity contribution in [2.75, 3.05) is 9.80 Å². The molecule has 7 rings (SSSR count). The van der Waals surface area contributed by atoms with E-state index in [1.807, 2.05) is 0 Å². The number of rotatable bonds is 4. The predicted molar refractivity (Wildman–Crippen MR) is 169 cm³/mol. The van der Waals surface area contributed by atoms with Crippen LogP contribution in [0.5, 0.6) is 0 Å². The lowest BCUT2D eigenvalue weighted by molar-refractivity contribution is 0.866. The lowest BCUT2D eigenvalue weighted by Gasteiger charge is -2.44. The van der Waals surface area contributed by atoms with Gasteiger partial charge in [-0.1, -0.05) is 94.4 Å². The second-order valence-corrected chi connectivity index (χ2v) is 11.4. The van der Waals surface area contributed by atoms with E-state index in [4.69, 9.17) is 0 Å². The summed E-state index contributed by atoms with van der Waals surface area (Å²) in [5.74, 6) is 0.919. The molecule has 2 heterocycles. The topological polar surface area (TPSA) is 6.48 Å². The molecule has 0 radical (unpaired) electrons. The van der Waals surface area contributed by atoms with Crippen LogP contribution in [-0.2, 0) is 0 Å². The number of fused-ring (bicyclic) bond motifs is 4. The van der Waals surface area contributed by atoms with Crippen LogP contribution < -0.4 is 26.2 Å². The summed E-state index contributed by atoms with van der Waals surface area (Å²) >= 11 is 0. The molecule has 2 nitrogen and oxygen atoms in total. The Morgan fingerprint density at radius 1 is 0.462 bits per heavy atom. The van der Waals surface area contributed by atoms with Gasteiger partial charge in [0.05, 0.1) is 0 Å². The van der Waals surface area contributed by atoms with Crippen LogP contribution in [0, 0.1) is 0 Å². The van der Waals surface area contributed by atoms with Crippen LogP contribution >= 0.6 is 0 Å². The maximum absolute atomic E-state index is 2.48. The van der Waals surface area contributed by atoms with Gasteiger partial charge in [0.15, 0.2) is 0 Å². The Labute approximate surface area is 232 Å². The summed E-state index contributed by atoms with van der Waals surface area (Å²) in [5, 5.41) is 0. The number of anilines is 6. The van der Waals surface area contributed by atoms with Crippen LogP contribution in [0.1, 0.15) is 50.7 Å². The first-order valence-electron chi connectivity index (χ1n) is 14.1. The first kappa shape index (κ1) is 23.9. The Morgan fingerprint density at radius 3 is 1.31 bits per heavy atom. The SMILES string of the molecule is CC(C)c1ccc2c(c1)N(c1ccccc1)c1cccc3c1B2c1ccc(C(C)C)cc1N3c1ccccc1. The maximum atomic E-state index is 2.48. The Kier molecular flexibility index (Phi) is 5.63. The van der Waals surface area contributed by atoms with Gasteiger partial charge in [0.25, 0.3) is 6.71 Å². The normalized spacial score (nSPS) is 13.4. The quantitative estimate of drug-likeness (QED) is 0.224. The molecule has 0 spiro atoms. The van der Waals surface area contributed by atoms with Crippen LogP contribution in [0.4, 0.5) is 34.1 Å². The summed E-state index contributed by atoms with van der Waals surface area (Å²) < 4.78 is 0. The summed E-state index contributed by atoms with van der Waals surface area (Å²) in [7, 11) is 0. The average Bonchev–Trinajstić information content (AvgIpc) is 2.97. The molecule has 39 heavy (non-hydrogen) atoms. The molecule has 190 valence electrons. The maximum Gasteiger partial charge on any atom is 0.252 e. The fraction of sp³-hybridized carbons (Fsp3) is 0.167. The van der Waals surface area contributed by atoms with Crippen molar-refractivity contribution < 1.29 is 0 Å². The van der Waals surface area contributed by atoms with Gasteiger partial charge in [-0.05, 0) is 87.9 Å². The smallest absolute Gasteiger partial charge is 0.252 e. The van der Waals surface area contributed by atoms with Crippen molar-refractivity contribution in [1.82, 2.24) is 0 Å².